The second kappa shape index (κ2) is 3.34. The summed E-state index contributed by atoms with van der Waals surface area (Å²) in [4.78, 5) is 0. The lowest BCUT2D eigenvalue weighted by atomic mass is 10.1. The molecule has 0 aliphatic carbocycles. The molecule has 0 amide bonds. The van der Waals surface area contributed by atoms with Gasteiger partial charge in [-0.3, -0.25) is 0 Å². The average Bonchev–Trinajstić information content (AvgIpc) is 2.09. The number of hydrogen-bond donors (Lipinski definition) is 2. The maximum atomic E-state index is 5.71. The zero-order valence-electron chi connectivity index (χ0n) is 7.64. The summed E-state index contributed by atoms with van der Waals surface area (Å²) in [6.07, 6.45) is 0. The zero-order chi connectivity index (χ0) is 9.14. The number of nitrogens with one attached hydrogen (secondary N) is 1. The van der Waals surface area contributed by atoms with Crippen molar-refractivity contribution in [2.75, 3.05) is 25.2 Å². The topological polar surface area (TPSA) is 47.3 Å². The molecule has 3 nitrogen and oxygen atoms in total. The van der Waals surface area contributed by atoms with Gasteiger partial charge in [0.05, 0.1) is 12.8 Å². The van der Waals surface area contributed by atoms with Crippen molar-refractivity contribution < 1.29 is 4.74 Å². The van der Waals surface area contributed by atoms with Gasteiger partial charge in [-0.1, -0.05) is 0 Å². The SMILES string of the molecule is CNc1cc(C)c(N)cc1OC. The van der Waals surface area contributed by atoms with Gasteiger partial charge in [-0.15, -0.1) is 0 Å². The van der Waals surface area contributed by atoms with Crippen molar-refractivity contribution in [1.29, 1.82) is 0 Å². The van der Waals surface area contributed by atoms with Crippen LogP contribution in [0.2, 0.25) is 0 Å². The van der Waals surface area contributed by atoms with Crippen molar-refractivity contribution in [3.05, 3.63) is 17.7 Å². The zero-order valence-corrected chi connectivity index (χ0v) is 7.64. The van der Waals surface area contributed by atoms with Gasteiger partial charge in [0.15, 0.2) is 0 Å². The Morgan fingerprint density at radius 3 is 2.58 bits per heavy atom. The molecular formula is C9H14N2O. The van der Waals surface area contributed by atoms with Crippen molar-refractivity contribution in [2.45, 2.75) is 6.92 Å². The van der Waals surface area contributed by atoms with Crippen LogP contribution < -0.4 is 15.8 Å². The van der Waals surface area contributed by atoms with E-state index < -0.39 is 0 Å². The standard InChI is InChI=1S/C9H14N2O/c1-6-4-8(11-2)9(12-3)5-7(6)10/h4-5,11H,10H2,1-3H3. The summed E-state index contributed by atoms with van der Waals surface area (Å²) in [6.45, 7) is 1.97. The van der Waals surface area contributed by atoms with E-state index in [9.17, 15) is 0 Å². The monoisotopic (exact) mass is 166 g/mol. The Balaban J connectivity index is 3.19. The van der Waals surface area contributed by atoms with Crippen molar-refractivity contribution in [3.63, 3.8) is 0 Å². The summed E-state index contributed by atoms with van der Waals surface area (Å²) in [6, 6.07) is 3.79. The predicted octanol–water partition coefficient (Wildman–Crippen LogP) is 1.63. The molecule has 0 heterocycles. The molecule has 12 heavy (non-hydrogen) atoms. The fourth-order valence-electron chi connectivity index (χ4n) is 1.07. The molecule has 0 atom stereocenters. The summed E-state index contributed by atoms with van der Waals surface area (Å²) < 4.78 is 5.13. The number of hydrogen-bond acceptors (Lipinski definition) is 3. The van der Waals surface area contributed by atoms with Crippen molar-refractivity contribution >= 4 is 11.4 Å². The molecule has 0 aliphatic heterocycles. The number of nitrogens with two attached hydrogens (primary N) is 1. The molecule has 0 spiro atoms. The smallest absolute Gasteiger partial charge is 0.144 e. The normalized spacial score (nSPS) is 9.58. The number of rotatable bonds is 2. The Bertz CT molecular complexity index is 255. The van der Waals surface area contributed by atoms with E-state index in [1.807, 2.05) is 26.1 Å². The first kappa shape index (κ1) is 8.71. The third kappa shape index (κ3) is 1.44. The Morgan fingerprint density at radius 2 is 2.08 bits per heavy atom. The summed E-state index contributed by atoms with van der Waals surface area (Å²) >= 11 is 0. The number of aryl methyl sites for hydroxylation is 1. The van der Waals surface area contributed by atoms with Crippen LogP contribution in [0, 0.1) is 6.92 Å². The van der Waals surface area contributed by atoms with E-state index >= 15 is 0 Å². The molecule has 1 rings (SSSR count). The minimum Gasteiger partial charge on any atom is -0.495 e. The number of ether oxygens (including phenoxy) is 1. The highest BCUT2D eigenvalue weighted by Crippen LogP contribution is 2.28. The number of methoxy groups -OCH3 is 1. The van der Waals surface area contributed by atoms with Crippen LogP contribution >= 0.6 is 0 Å². The summed E-state index contributed by atoms with van der Waals surface area (Å²) in [7, 11) is 3.48. The molecule has 3 heteroatoms. The van der Waals surface area contributed by atoms with Gasteiger partial charge < -0.3 is 15.8 Å². The van der Waals surface area contributed by atoms with Crippen LogP contribution in [0.3, 0.4) is 0 Å². The maximum Gasteiger partial charge on any atom is 0.144 e. The number of anilines is 2. The molecule has 0 bridgehead atoms. The Labute approximate surface area is 72.5 Å². The summed E-state index contributed by atoms with van der Waals surface area (Å²) in [5.74, 6) is 0.778. The molecule has 3 N–H and O–H groups in total. The van der Waals surface area contributed by atoms with Crippen LogP contribution in [-0.4, -0.2) is 14.2 Å². The fourth-order valence-corrected chi connectivity index (χ4v) is 1.07. The Hall–Kier alpha value is -1.38. The Kier molecular flexibility index (Phi) is 2.43. The summed E-state index contributed by atoms with van der Waals surface area (Å²) in [5, 5.41) is 3.03. The van der Waals surface area contributed by atoms with E-state index in [0.717, 1.165) is 22.7 Å². The molecule has 0 aliphatic rings. The highest BCUT2D eigenvalue weighted by molar-refractivity contribution is 5.65. The molecule has 0 saturated carbocycles. The average molecular weight is 166 g/mol. The van der Waals surface area contributed by atoms with Crippen LogP contribution in [0.1, 0.15) is 5.56 Å². The first-order valence-corrected chi connectivity index (χ1v) is 3.81. The molecule has 0 unspecified atom stereocenters. The first-order valence-electron chi connectivity index (χ1n) is 3.81. The highest BCUT2D eigenvalue weighted by Gasteiger charge is 2.03. The van der Waals surface area contributed by atoms with E-state index in [1.165, 1.54) is 0 Å². The minimum absolute atomic E-state index is 0.755. The Morgan fingerprint density at radius 1 is 1.42 bits per heavy atom. The molecule has 0 radical (unpaired) electrons. The van der Waals surface area contributed by atoms with Gasteiger partial charge in [0.1, 0.15) is 5.75 Å². The van der Waals surface area contributed by atoms with Crippen molar-refractivity contribution in [2.24, 2.45) is 0 Å². The van der Waals surface area contributed by atoms with Crippen LogP contribution in [0.5, 0.6) is 5.75 Å². The van der Waals surface area contributed by atoms with E-state index in [-0.39, 0.29) is 0 Å². The molecule has 0 fully saturated rings. The summed E-state index contributed by atoms with van der Waals surface area (Å²) in [5.41, 5.74) is 8.49. The lowest BCUT2D eigenvalue weighted by Gasteiger charge is -2.10. The van der Waals surface area contributed by atoms with Gasteiger partial charge in [-0.25, -0.2) is 0 Å². The lowest BCUT2D eigenvalue weighted by Crippen LogP contribution is -1.97. The molecule has 1 aromatic carbocycles. The third-order valence-electron chi connectivity index (χ3n) is 1.86. The third-order valence-corrected chi connectivity index (χ3v) is 1.86. The van der Waals surface area contributed by atoms with Crippen LogP contribution in [-0.2, 0) is 0 Å². The molecule has 1 aromatic rings. The van der Waals surface area contributed by atoms with Crippen LogP contribution in [0.4, 0.5) is 11.4 Å². The highest BCUT2D eigenvalue weighted by atomic mass is 16.5. The largest absolute Gasteiger partial charge is 0.495 e. The van der Waals surface area contributed by atoms with E-state index in [1.54, 1.807) is 7.11 Å². The van der Waals surface area contributed by atoms with Gasteiger partial charge in [0, 0.05) is 18.8 Å². The first-order chi connectivity index (χ1) is 5.69. The maximum absolute atomic E-state index is 5.71. The predicted molar refractivity (Wildman–Crippen MR) is 51.7 cm³/mol. The second-order valence-electron chi connectivity index (χ2n) is 2.66. The van der Waals surface area contributed by atoms with Gasteiger partial charge in [0.25, 0.3) is 0 Å². The van der Waals surface area contributed by atoms with E-state index in [2.05, 4.69) is 5.32 Å². The van der Waals surface area contributed by atoms with E-state index in [0.29, 0.717) is 0 Å². The second-order valence-corrected chi connectivity index (χ2v) is 2.66. The number of benzene rings is 1. The number of nitrogen functional groups attached to an aromatic ring is 1. The van der Waals surface area contributed by atoms with Crippen LogP contribution in [0.25, 0.3) is 0 Å². The molecule has 66 valence electrons. The van der Waals surface area contributed by atoms with Crippen LogP contribution in [0.15, 0.2) is 12.1 Å². The van der Waals surface area contributed by atoms with Gasteiger partial charge >= 0.3 is 0 Å². The lowest BCUT2D eigenvalue weighted by molar-refractivity contribution is 0.417. The quantitative estimate of drug-likeness (QED) is 0.656. The van der Waals surface area contributed by atoms with Crippen molar-refractivity contribution in [1.82, 2.24) is 0 Å². The molecular weight excluding hydrogens is 152 g/mol. The molecule has 0 saturated heterocycles. The minimum atomic E-state index is 0.755. The molecule has 0 aromatic heterocycles. The van der Waals surface area contributed by atoms with Gasteiger partial charge in [-0.05, 0) is 18.6 Å². The van der Waals surface area contributed by atoms with E-state index in [4.69, 9.17) is 10.5 Å². The fraction of sp³-hybridized carbons (Fsp3) is 0.333. The van der Waals surface area contributed by atoms with Gasteiger partial charge in [0.2, 0.25) is 0 Å². The van der Waals surface area contributed by atoms with Gasteiger partial charge in [-0.2, -0.15) is 0 Å². The van der Waals surface area contributed by atoms with Crippen molar-refractivity contribution in [3.8, 4) is 5.75 Å².